The van der Waals surface area contributed by atoms with Crippen LogP contribution in [0.5, 0.6) is 17.2 Å². The summed E-state index contributed by atoms with van der Waals surface area (Å²) in [5.74, 6) is 1.00. The maximum absolute atomic E-state index is 12.4. The molecule has 1 rings (SSSR count). The van der Waals surface area contributed by atoms with Crippen LogP contribution >= 0.6 is 0 Å². The number of benzene rings is 1. The van der Waals surface area contributed by atoms with Crippen LogP contribution in [0.3, 0.4) is 0 Å². The van der Waals surface area contributed by atoms with Crippen LogP contribution in [0.1, 0.15) is 24.2 Å². The minimum atomic E-state index is -0.291. The SMILES string of the molecule is COc1cc(OC)c(C(=O)NC(C)C(C)CO)cc1OC. The molecule has 0 aliphatic carbocycles. The number of carbonyl (C=O) groups is 1. The van der Waals surface area contributed by atoms with E-state index in [1.807, 2.05) is 13.8 Å². The van der Waals surface area contributed by atoms with Crippen molar-refractivity contribution in [3.63, 3.8) is 0 Å². The number of hydrogen-bond acceptors (Lipinski definition) is 5. The predicted molar refractivity (Wildman–Crippen MR) is 79.3 cm³/mol. The molecule has 0 spiro atoms. The van der Waals surface area contributed by atoms with Gasteiger partial charge in [0.2, 0.25) is 0 Å². The zero-order valence-corrected chi connectivity index (χ0v) is 13.1. The van der Waals surface area contributed by atoms with E-state index in [2.05, 4.69) is 5.32 Å². The highest BCUT2D eigenvalue weighted by atomic mass is 16.5. The number of hydrogen-bond donors (Lipinski definition) is 2. The van der Waals surface area contributed by atoms with E-state index < -0.39 is 0 Å². The number of rotatable bonds is 7. The monoisotopic (exact) mass is 297 g/mol. The second-order valence-corrected chi connectivity index (χ2v) is 4.83. The highest BCUT2D eigenvalue weighted by molar-refractivity contribution is 5.98. The first-order chi connectivity index (χ1) is 9.98. The van der Waals surface area contributed by atoms with Gasteiger partial charge in [0.1, 0.15) is 5.75 Å². The Morgan fingerprint density at radius 3 is 2.10 bits per heavy atom. The molecule has 2 atom stereocenters. The van der Waals surface area contributed by atoms with Gasteiger partial charge in [0, 0.05) is 24.8 Å². The lowest BCUT2D eigenvalue weighted by Crippen LogP contribution is -2.38. The van der Waals surface area contributed by atoms with Crippen LogP contribution in [0.2, 0.25) is 0 Å². The van der Waals surface area contributed by atoms with Crippen molar-refractivity contribution in [2.24, 2.45) is 5.92 Å². The van der Waals surface area contributed by atoms with Crippen molar-refractivity contribution in [1.82, 2.24) is 5.32 Å². The third kappa shape index (κ3) is 4.01. The van der Waals surface area contributed by atoms with Gasteiger partial charge in [-0.05, 0) is 12.8 Å². The van der Waals surface area contributed by atoms with Crippen molar-refractivity contribution in [3.8, 4) is 17.2 Å². The van der Waals surface area contributed by atoms with E-state index in [-0.39, 0.29) is 24.5 Å². The van der Waals surface area contributed by atoms with E-state index in [0.29, 0.717) is 22.8 Å². The average Bonchev–Trinajstić information content (AvgIpc) is 2.52. The molecule has 0 heterocycles. The first kappa shape index (κ1) is 17.1. The maximum atomic E-state index is 12.4. The molecule has 0 radical (unpaired) electrons. The molecule has 0 saturated heterocycles. The fraction of sp³-hybridized carbons (Fsp3) is 0.533. The number of nitrogens with one attached hydrogen (secondary N) is 1. The summed E-state index contributed by atoms with van der Waals surface area (Å²) in [5.41, 5.74) is 0.354. The van der Waals surface area contributed by atoms with Crippen molar-refractivity contribution in [1.29, 1.82) is 0 Å². The summed E-state index contributed by atoms with van der Waals surface area (Å²) in [6.07, 6.45) is 0. The fourth-order valence-electron chi connectivity index (χ4n) is 1.79. The molecule has 0 aliphatic rings. The molecule has 118 valence electrons. The Morgan fingerprint density at radius 2 is 1.62 bits per heavy atom. The molecule has 6 heteroatoms. The minimum Gasteiger partial charge on any atom is -0.496 e. The summed E-state index contributed by atoms with van der Waals surface area (Å²) in [7, 11) is 4.50. The second-order valence-electron chi connectivity index (χ2n) is 4.83. The van der Waals surface area contributed by atoms with Crippen molar-refractivity contribution in [2.75, 3.05) is 27.9 Å². The van der Waals surface area contributed by atoms with Crippen molar-refractivity contribution in [2.45, 2.75) is 19.9 Å². The molecule has 0 bridgehead atoms. The van der Waals surface area contributed by atoms with Gasteiger partial charge in [-0.3, -0.25) is 4.79 Å². The molecule has 1 aromatic carbocycles. The molecule has 2 N–H and O–H groups in total. The molecule has 21 heavy (non-hydrogen) atoms. The Bertz CT molecular complexity index is 489. The lowest BCUT2D eigenvalue weighted by Gasteiger charge is -2.20. The number of aliphatic hydroxyl groups is 1. The van der Waals surface area contributed by atoms with Gasteiger partial charge in [-0.2, -0.15) is 0 Å². The van der Waals surface area contributed by atoms with Gasteiger partial charge < -0.3 is 24.6 Å². The Labute approximate surface area is 125 Å². The standard InChI is InChI=1S/C15H23NO5/c1-9(8-17)10(2)16-15(18)11-6-13(20-4)14(21-5)7-12(11)19-3/h6-7,9-10,17H,8H2,1-5H3,(H,16,18). The van der Waals surface area contributed by atoms with E-state index in [1.54, 1.807) is 12.1 Å². The second kappa shape index (κ2) is 7.73. The summed E-state index contributed by atoms with van der Waals surface area (Å²) >= 11 is 0. The molecule has 6 nitrogen and oxygen atoms in total. The quantitative estimate of drug-likeness (QED) is 0.797. The van der Waals surface area contributed by atoms with Crippen LogP contribution < -0.4 is 19.5 Å². The topological polar surface area (TPSA) is 77.0 Å². The number of methoxy groups -OCH3 is 3. The largest absolute Gasteiger partial charge is 0.496 e. The maximum Gasteiger partial charge on any atom is 0.255 e. The van der Waals surface area contributed by atoms with Gasteiger partial charge in [0.15, 0.2) is 11.5 Å². The van der Waals surface area contributed by atoms with Gasteiger partial charge in [0.25, 0.3) is 5.91 Å². The van der Waals surface area contributed by atoms with Crippen molar-refractivity contribution < 1.29 is 24.1 Å². The van der Waals surface area contributed by atoms with E-state index in [0.717, 1.165) is 0 Å². The summed E-state index contributed by atoms with van der Waals surface area (Å²) in [6, 6.07) is 3.01. The van der Waals surface area contributed by atoms with Crippen LogP contribution in [-0.4, -0.2) is 45.0 Å². The van der Waals surface area contributed by atoms with Gasteiger partial charge in [-0.15, -0.1) is 0 Å². The average molecular weight is 297 g/mol. The minimum absolute atomic E-state index is 0.00448. The molecular weight excluding hydrogens is 274 g/mol. The van der Waals surface area contributed by atoms with Crippen molar-refractivity contribution in [3.05, 3.63) is 17.7 Å². The third-order valence-corrected chi connectivity index (χ3v) is 3.45. The molecule has 0 aromatic heterocycles. The Morgan fingerprint density at radius 1 is 1.10 bits per heavy atom. The summed E-state index contributed by atoms with van der Waals surface area (Å²) < 4.78 is 15.6. The third-order valence-electron chi connectivity index (χ3n) is 3.45. The van der Waals surface area contributed by atoms with E-state index >= 15 is 0 Å². The van der Waals surface area contributed by atoms with Crippen LogP contribution in [-0.2, 0) is 0 Å². The Hall–Kier alpha value is -1.95. The van der Waals surface area contributed by atoms with Gasteiger partial charge in [-0.1, -0.05) is 6.92 Å². The number of amides is 1. The number of aliphatic hydroxyl groups excluding tert-OH is 1. The van der Waals surface area contributed by atoms with E-state index in [9.17, 15) is 4.79 Å². The summed E-state index contributed by atoms with van der Waals surface area (Å²) in [5, 5.41) is 12.0. The molecule has 0 fully saturated rings. The smallest absolute Gasteiger partial charge is 0.255 e. The summed E-state index contributed by atoms with van der Waals surface area (Å²) in [6.45, 7) is 3.70. The zero-order valence-electron chi connectivity index (χ0n) is 13.1. The van der Waals surface area contributed by atoms with Crippen molar-refractivity contribution >= 4 is 5.91 Å². The number of carbonyl (C=O) groups excluding carboxylic acids is 1. The van der Waals surface area contributed by atoms with E-state index in [4.69, 9.17) is 19.3 Å². The van der Waals surface area contributed by atoms with Crippen LogP contribution in [0.15, 0.2) is 12.1 Å². The molecule has 1 amide bonds. The first-order valence-corrected chi connectivity index (χ1v) is 6.70. The molecule has 1 aromatic rings. The van der Waals surface area contributed by atoms with Crippen LogP contribution in [0.4, 0.5) is 0 Å². The lowest BCUT2D eigenvalue weighted by molar-refractivity contribution is 0.0913. The molecular formula is C15H23NO5. The summed E-state index contributed by atoms with van der Waals surface area (Å²) in [4.78, 5) is 12.4. The Kier molecular flexibility index (Phi) is 6.30. The number of ether oxygens (including phenoxy) is 3. The first-order valence-electron chi connectivity index (χ1n) is 6.70. The predicted octanol–water partition coefficient (Wildman–Crippen LogP) is 1.46. The van der Waals surface area contributed by atoms with Gasteiger partial charge in [-0.25, -0.2) is 0 Å². The van der Waals surface area contributed by atoms with Crippen LogP contribution in [0.25, 0.3) is 0 Å². The highest BCUT2D eigenvalue weighted by Crippen LogP contribution is 2.34. The molecule has 0 saturated carbocycles. The molecule has 0 aliphatic heterocycles. The van der Waals surface area contributed by atoms with E-state index in [1.165, 1.54) is 21.3 Å². The fourth-order valence-corrected chi connectivity index (χ4v) is 1.79. The van der Waals surface area contributed by atoms with Gasteiger partial charge in [0.05, 0.1) is 26.9 Å². The zero-order chi connectivity index (χ0) is 16.0. The van der Waals surface area contributed by atoms with Crippen LogP contribution in [0, 0.1) is 5.92 Å². The Balaban J connectivity index is 3.07. The molecule has 2 unspecified atom stereocenters. The lowest BCUT2D eigenvalue weighted by atomic mass is 10.0. The normalized spacial score (nSPS) is 13.2. The highest BCUT2D eigenvalue weighted by Gasteiger charge is 2.20. The van der Waals surface area contributed by atoms with Gasteiger partial charge >= 0.3 is 0 Å².